The maximum atomic E-state index is 14.7. The van der Waals surface area contributed by atoms with Crippen molar-refractivity contribution in [1.82, 2.24) is 43.4 Å². The summed E-state index contributed by atoms with van der Waals surface area (Å²) < 4.78 is 23.6. The Morgan fingerprint density at radius 3 is 2.41 bits per heavy atom. The van der Waals surface area contributed by atoms with Gasteiger partial charge in [-0.3, -0.25) is 43.3 Å². The number of piperidine rings is 2. The zero-order valence-electron chi connectivity index (χ0n) is 38.2. The summed E-state index contributed by atoms with van der Waals surface area (Å²) in [6.45, 7) is 1.43. The van der Waals surface area contributed by atoms with Crippen LogP contribution >= 0.6 is 23.2 Å². The van der Waals surface area contributed by atoms with E-state index in [1.807, 2.05) is 15.5 Å². The first kappa shape index (κ1) is 45.8. The smallest absolute Gasteiger partial charge is 0.329 e. The molecular formula is C48H48Cl2N10O9. The molecule has 4 aromatic heterocycles. The van der Waals surface area contributed by atoms with E-state index in [-0.39, 0.29) is 83.1 Å². The van der Waals surface area contributed by atoms with Gasteiger partial charge in [-0.1, -0.05) is 41.4 Å². The molecule has 2 atom stereocenters. The van der Waals surface area contributed by atoms with Crippen LogP contribution in [0, 0.1) is 5.41 Å². The van der Waals surface area contributed by atoms with Gasteiger partial charge in [-0.25, -0.2) is 14.8 Å². The third-order valence-electron chi connectivity index (χ3n) is 14.0. The van der Waals surface area contributed by atoms with E-state index in [4.69, 9.17) is 42.4 Å². The van der Waals surface area contributed by atoms with Crippen molar-refractivity contribution in [2.75, 3.05) is 32.2 Å². The number of aryl methyl sites for hydroxylation is 2. The lowest BCUT2D eigenvalue weighted by atomic mass is 9.61. The Labute approximate surface area is 404 Å². The first-order chi connectivity index (χ1) is 33.2. The van der Waals surface area contributed by atoms with Crippen molar-refractivity contribution in [3.63, 3.8) is 0 Å². The number of anilines is 1. The van der Waals surface area contributed by atoms with Gasteiger partial charge in [0, 0.05) is 64.0 Å². The van der Waals surface area contributed by atoms with Crippen LogP contribution in [0.3, 0.4) is 0 Å². The molecule has 1 saturated carbocycles. The fraction of sp³-hybridized carbons (Fsp3) is 0.396. The predicted octanol–water partition coefficient (Wildman–Crippen LogP) is 5.37. The second-order valence-corrected chi connectivity index (χ2v) is 19.0. The number of methoxy groups -OCH3 is 2. The molecule has 7 heterocycles. The number of nitrogens with one attached hydrogen (secondary N) is 1. The molecule has 21 heteroatoms. The first-order valence-corrected chi connectivity index (χ1v) is 23.4. The van der Waals surface area contributed by atoms with Crippen molar-refractivity contribution in [3.05, 3.63) is 109 Å². The second kappa shape index (κ2) is 17.8. The maximum Gasteiger partial charge on any atom is 0.329 e. The van der Waals surface area contributed by atoms with Crippen molar-refractivity contribution in [2.24, 2.45) is 19.5 Å². The van der Waals surface area contributed by atoms with Crippen molar-refractivity contribution >= 4 is 63.6 Å². The number of ether oxygens (including phenoxy) is 3. The van der Waals surface area contributed by atoms with Crippen LogP contribution < -0.4 is 35.7 Å². The van der Waals surface area contributed by atoms with Crippen LogP contribution in [0.25, 0.3) is 22.4 Å². The van der Waals surface area contributed by atoms with E-state index in [1.165, 1.54) is 51.3 Å². The number of para-hydroxylation sites is 1. The van der Waals surface area contributed by atoms with Crippen LogP contribution in [0.2, 0.25) is 10.0 Å². The number of benzene rings is 2. The number of pyridine rings is 1. The van der Waals surface area contributed by atoms with Crippen LogP contribution in [0.15, 0.2) is 70.5 Å². The average Bonchev–Trinajstić information content (AvgIpc) is 3.92. The molecule has 1 unspecified atom stereocenters. The van der Waals surface area contributed by atoms with Gasteiger partial charge in [0.15, 0.2) is 5.69 Å². The van der Waals surface area contributed by atoms with Gasteiger partial charge in [-0.15, -0.1) is 0 Å². The highest BCUT2D eigenvalue weighted by atomic mass is 35.5. The Kier molecular flexibility index (Phi) is 11.8. The van der Waals surface area contributed by atoms with Crippen LogP contribution in [0.4, 0.5) is 5.69 Å². The van der Waals surface area contributed by atoms with E-state index in [0.29, 0.717) is 64.0 Å². The minimum Gasteiger partial charge on any atom is -0.488 e. The number of hydrogen-bond donors (Lipinski definition) is 1. The summed E-state index contributed by atoms with van der Waals surface area (Å²) in [5.41, 5.74) is 2.11. The molecule has 2 aromatic carbocycles. The molecule has 10 rings (SSSR count). The SMILES string of the molecule is COc1ncc(-c2nc3c(n2CCCC(=O)N2CCC4(CC2)CC(Oc2cccc5c2n(C)c(=O)n5C2CCC(=O)NC2=O)C4)[C@H](c2ccc(Cl)cc2)N(c2cc(Cl)cn(C)c2=O)C3=O)c(OC)n1. The van der Waals surface area contributed by atoms with Crippen LogP contribution in [-0.4, -0.2) is 95.2 Å². The number of carbonyl (C=O) groups excluding carboxylic acids is 4. The quantitative estimate of drug-likeness (QED) is 0.154. The number of nitrogens with zero attached hydrogens (tertiary/aromatic N) is 9. The monoisotopic (exact) mass is 978 g/mol. The minimum atomic E-state index is -0.842. The largest absolute Gasteiger partial charge is 0.488 e. The standard InChI is InChI=1S/C48H48Cl2N10O9/c1-55-25-28(50)21-33(44(55)64)60-38(26-10-12-27(49)13-11-26)40-37(45(60)65)53-41(30-24-51-46(68-4)54-43(30)67-3)58(40)18-6-9-36(62)57-19-16-48(17-20-57)22-29(23-48)69-34-8-5-7-31-39(34)56(2)47(66)59(31)32-14-15-35(61)52-42(32)63/h5,7-8,10-13,21,24-25,29,32,38H,6,9,14-20,22-23H2,1-4H3,(H,52,61,63)/t32?,38-/m0/s1. The Bertz CT molecular complexity index is 3200. The van der Waals surface area contributed by atoms with Crippen LogP contribution in [0.5, 0.6) is 17.6 Å². The van der Waals surface area contributed by atoms with Crippen molar-refractivity contribution < 1.29 is 33.4 Å². The summed E-state index contributed by atoms with van der Waals surface area (Å²) in [6, 6.07) is 12.3. The third kappa shape index (κ3) is 8.00. The first-order valence-electron chi connectivity index (χ1n) is 22.7. The highest BCUT2D eigenvalue weighted by Gasteiger charge is 2.49. The minimum absolute atomic E-state index is 0.00291. The molecule has 3 fully saturated rings. The number of fused-ring (bicyclic) bond motifs is 2. The Morgan fingerprint density at radius 1 is 0.942 bits per heavy atom. The Balaban J connectivity index is 0.857. The van der Waals surface area contributed by atoms with E-state index >= 15 is 0 Å². The predicted molar refractivity (Wildman–Crippen MR) is 253 cm³/mol. The number of carbonyl (C=O) groups is 4. The fourth-order valence-corrected chi connectivity index (χ4v) is 10.9. The van der Waals surface area contributed by atoms with Gasteiger partial charge in [-0.05, 0) is 79.8 Å². The lowest BCUT2D eigenvalue weighted by molar-refractivity contribution is -0.137. The van der Waals surface area contributed by atoms with Crippen molar-refractivity contribution in [2.45, 2.75) is 76.1 Å². The zero-order valence-corrected chi connectivity index (χ0v) is 39.8. The second-order valence-electron chi connectivity index (χ2n) is 18.1. The molecule has 4 aliphatic rings. The number of rotatable bonds is 12. The van der Waals surface area contributed by atoms with Crippen molar-refractivity contribution in [1.29, 1.82) is 0 Å². The van der Waals surface area contributed by atoms with Gasteiger partial charge < -0.3 is 28.2 Å². The normalized spacial score (nSPS) is 19.0. The van der Waals surface area contributed by atoms with Crippen LogP contribution in [0.1, 0.15) is 85.2 Å². The lowest BCUT2D eigenvalue weighted by Gasteiger charge is -2.51. The highest BCUT2D eigenvalue weighted by Crippen LogP contribution is 2.51. The molecule has 0 radical (unpaired) electrons. The molecule has 4 amide bonds. The average molecular weight is 980 g/mol. The Hall–Kier alpha value is -6.99. The molecule has 358 valence electrons. The van der Waals surface area contributed by atoms with Gasteiger partial charge >= 0.3 is 11.7 Å². The van der Waals surface area contributed by atoms with Gasteiger partial charge in [0.1, 0.15) is 34.9 Å². The van der Waals surface area contributed by atoms with Crippen molar-refractivity contribution in [3.8, 4) is 29.0 Å². The molecule has 6 aromatic rings. The molecule has 69 heavy (non-hydrogen) atoms. The van der Waals surface area contributed by atoms with E-state index in [1.54, 1.807) is 50.5 Å². The number of hydrogen-bond acceptors (Lipinski definition) is 12. The highest BCUT2D eigenvalue weighted by molar-refractivity contribution is 6.31. The molecule has 3 aliphatic heterocycles. The molecule has 0 bridgehead atoms. The summed E-state index contributed by atoms with van der Waals surface area (Å²) in [5, 5.41) is 3.10. The van der Waals surface area contributed by atoms with Gasteiger partial charge in [0.2, 0.25) is 23.6 Å². The van der Waals surface area contributed by atoms with Crippen LogP contribution in [-0.2, 0) is 35.0 Å². The van der Waals surface area contributed by atoms with E-state index in [9.17, 15) is 28.8 Å². The molecule has 1 spiro atoms. The maximum absolute atomic E-state index is 14.7. The van der Waals surface area contributed by atoms with Gasteiger partial charge in [-0.2, -0.15) is 4.98 Å². The number of imidazole rings is 2. The van der Waals surface area contributed by atoms with Gasteiger partial charge in [0.05, 0.1) is 42.1 Å². The number of likely N-dealkylation sites (tertiary alicyclic amines) is 1. The lowest BCUT2D eigenvalue weighted by Crippen LogP contribution is -2.52. The molecular weight excluding hydrogens is 931 g/mol. The zero-order chi connectivity index (χ0) is 48.5. The Morgan fingerprint density at radius 2 is 1.70 bits per heavy atom. The summed E-state index contributed by atoms with van der Waals surface area (Å²) in [6.07, 6.45) is 7.10. The van der Waals surface area contributed by atoms with E-state index in [0.717, 1.165) is 25.7 Å². The summed E-state index contributed by atoms with van der Waals surface area (Å²) >= 11 is 12.8. The number of aromatic nitrogens is 7. The topological polar surface area (TPSA) is 207 Å². The molecule has 2 saturated heterocycles. The number of halogens is 2. The summed E-state index contributed by atoms with van der Waals surface area (Å²) in [5.74, 6) is -0.304. The van der Waals surface area contributed by atoms with Gasteiger partial charge in [0.25, 0.3) is 11.5 Å². The molecule has 1 N–H and O–H groups in total. The third-order valence-corrected chi connectivity index (χ3v) is 14.5. The number of amides is 4. The number of imide groups is 1. The van der Waals surface area contributed by atoms with E-state index < -0.39 is 29.5 Å². The fourth-order valence-electron chi connectivity index (χ4n) is 10.6. The van der Waals surface area contributed by atoms with E-state index in [2.05, 4.69) is 15.3 Å². The molecule has 1 aliphatic carbocycles. The molecule has 19 nitrogen and oxygen atoms in total. The summed E-state index contributed by atoms with van der Waals surface area (Å²) in [4.78, 5) is 97.3. The summed E-state index contributed by atoms with van der Waals surface area (Å²) in [7, 11) is 6.11.